The fourth-order valence-electron chi connectivity index (χ4n) is 2.28. The fraction of sp³-hybridized carbons (Fsp3) is 0.529. The van der Waals surface area contributed by atoms with Gasteiger partial charge in [0.25, 0.3) is 0 Å². The van der Waals surface area contributed by atoms with E-state index in [1.807, 2.05) is 30.3 Å². The second-order valence-corrected chi connectivity index (χ2v) is 5.43. The van der Waals surface area contributed by atoms with Crippen molar-refractivity contribution in [1.82, 2.24) is 5.32 Å². The highest BCUT2D eigenvalue weighted by Crippen LogP contribution is 2.14. The van der Waals surface area contributed by atoms with Crippen molar-refractivity contribution in [3.63, 3.8) is 0 Å². The Labute approximate surface area is 136 Å². The summed E-state index contributed by atoms with van der Waals surface area (Å²) in [5.41, 5.74) is 0.904. The lowest BCUT2D eigenvalue weighted by Gasteiger charge is -2.25. The van der Waals surface area contributed by atoms with Gasteiger partial charge >= 0.3 is 6.09 Å². The molecule has 1 aromatic carbocycles. The monoisotopic (exact) mass is 321 g/mol. The van der Waals surface area contributed by atoms with Gasteiger partial charge in [-0.05, 0) is 24.8 Å². The highest BCUT2D eigenvalue weighted by molar-refractivity contribution is 5.68. The number of benzene rings is 1. The number of hydrogen-bond acceptors (Lipinski definition) is 5. The molecule has 0 aliphatic carbocycles. The van der Waals surface area contributed by atoms with Crippen LogP contribution in [0, 0.1) is 0 Å². The molecule has 2 atom stereocenters. The number of rotatable bonds is 8. The third-order valence-electron chi connectivity index (χ3n) is 3.54. The van der Waals surface area contributed by atoms with Crippen molar-refractivity contribution in [2.45, 2.75) is 44.6 Å². The van der Waals surface area contributed by atoms with Gasteiger partial charge in [0.05, 0.1) is 12.6 Å². The molecule has 0 aromatic heterocycles. The summed E-state index contributed by atoms with van der Waals surface area (Å²) in [4.78, 5) is 22.6. The van der Waals surface area contributed by atoms with E-state index < -0.39 is 12.1 Å². The Morgan fingerprint density at radius 2 is 2.17 bits per heavy atom. The summed E-state index contributed by atoms with van der Waals surface area (Å²) in [6.45, 7) is 1.10. The number of amides is 1. The molecule has 1 N–H and O–H groups in total. The van der Waals surface area contributed by atoms with Gasteiger partial charge < -0.3 is 24.3 Å². The van der Waals surface area contributed by atoms with Crippen LogP contribution in [-0.4, -0.2) is 37.9 Å². The summed E-state index contributed by atoms with van der Waals surface area (Å²) in [6, 6.07) is 8.99. The maximum absolute atomic E-state index is 11.8. The third kappa shape index (κ3) is 6.80. The Balaban J connectivity index is 1.71. The summed E-state index contributed by atoms with van der Waals surface area (Å²) >= 11 is 0. The van der Waals surface area contributed by atoms with E-state index in [0.29, 0.717) is 6.61 Å². The standard InChI is InChI=1S/C17H23NO5/c19-10-9-15(13-22-16-8-4-5-11-21-16)18-17(20)23-12-14-6-2-1-3-7-14/h1-3,6-7,10,15-16H,4-5,8-9,11-13H2,(H,18,20)/t15-,16?/m0/s1. The number of alkyl carbamates (subject to hydrolysis) is 1. The summed E-state index contributed by atoms with van der Waals surface area (Å²) in [6.07, 6.45) is 3.07. The maximum Gasteiger partial charge on any atom is 0.407 e. The van der Waals surface area contributed by atoms with Crippen LogP contribution in [0.3, 0.4) is 0 Å². The summed E-state index contributed by atoms with van der Waals surface area (Å²) in [5.74, 6) is 0. The van der Waals surface area contributed by atoms with Gasteiger partial charge in [-0.2, -0.15) is 0 Å². The molecule has 1 saturated heterocycles. The van der Waals surface area contributed by atoms with Gasteiger partial charge in [0.2, 0.25) is 0 Å². The van der Waals surface area contributed by atoms with E-state index in [9.17, 15) is 9.59 Å². The largest absolute Gasteiger partial charge is 0.445 e. The van der Waals surface area contributed by atoms with Crippen LogP contribution in [0.25, 0.3) is 0 Å². The Morgan fingerprint density at radius 1 is 1.35 bits per heavy atom. The van der Waals surface area contributed by atoms with Crippen molar-refractivity contribution in [3.05, 3.63) is 35.9 Å². The first kappa shape index (κ1) is 17.4. The molecule has 0 radical (unpaired) electrons. The first-order valence-corrected chi connectivity index (χ1v) is 7.92. The Kier molecular flexibility index (Phi) is 7.56. The average molecular weight is 321 g/mol. The third-order valence-corrected chi connectivity index (χ3v) is 3.54. The van der Waals surface area contributed by atoms with Crippen LogP contribution in [0.15, 0.2) is 30.3 Å². The molecule has 126 valence electrons. The van der Waals surface area contributed by atoms with Crippen molar-refractivity contribution in [1.29, 1.82) is 0 Å². The molecule has 1 aliphatic rings. The number of hydrogen-bond donors (Lipinski definition) is 1. The van der Waals surface area contributed by atoms with Gasteiger partial charge in [-0.25, -0.2) is 4.79 Å². The molecule has 0 spiro atoms. The molecule has 1 fully saturated rings. The minimum atomic E-state index is -0.561. The van der Waals surface area contributed by atoms with Crippen LogP contribution in [0.5, 0.6) is 0 Å². The molecular formula is C17H23NO5. The zero-order valence-corrected chi connectivity index (χ0v) is 13.1. The molecule has 1 aromatic rings. The van der Waals surface area contributed by atoms with E-state index in [4.69, 9.17) is 14.2 Å². The quantitative estimate of drug-likeness (QED) is 0.744. The highest BCUT2D eigenvalue weighted by atomic mass is 16.7. The maximum atomic E-state index is 11.8. The van der Waals surface area contributed by atoms with E-state index in [-0.39, 0.29) is 25.9 Å². The smallest absolute Gasteiger partial charge is 0.407 e. The molecule has 23 heavy (non-hydrogen) atoms. The SMILES string of the molecule is O=CC[C@@H](COC1CCCCO1)NC(=O)OCc1ccccc1. The number of nitrogens with one attached hydrogen (secondary N) is 1. The lowest BCUT2D eigenvalue weighted by molar-refractivity contribution is -0.166. The fourth-order valence-corrected chi connectivity index (χ4v) is 2.28. The second kappa shape index (κ2) is 9.97. The van der Waals surface area contributed by atoms with Crippen molar-refractivity contribution in [2.75, 3.05) is 13.2 Å². The Morgan fingerprint density at radius 3 is 2.87 bits per heavy atom. The van der Waals surface area contributed by atoms with E-state index in [0.717, 1.165) is 31.1 Å². The average Bonchev–Trinajstić information content (AvgIpc) is 2.60. The molecule has 1 amide bonds. The minimum absolute atomic E-state index is 0.174. The molecule has 0 saturated carbocycles. The predicted molar refractivity (Wildman–Crippen MR) is 83.8 cm³/mol. The van der Waals surface area contributed by atoms with Crippen molar-refractivity contribution in [2.24, 2.45) is 0 Å². The van der Waals surface area contributed by atoms with Crippen LogP contribution in [0.4, 0.5) is 4.79 Å². The summed E-state index contributed by atoms with van der Waals surface area (Å²) in [7, 11) is 0. The first-order valence-electron chi connectivity index (χ1n) is 7.92. The van der Waals surface area contributed by atoms with Crippen molar-refractivity contribution in [3.8, 4) is 0 Å². The molecule has 6 heteroatoms. The number of ether oxygens (including phenoxy) is 3. The van der Waals surface area contributed by atoms with Crippen LogP contribution < -0.4 is 5.32 Å². The van der Waals surface area contributed by atoms with Crippen LogP contribution in [-0.2, 0) is 25.6 Å². The highest BCUT2D eigenvalue weighted by Gasteiger charge is 2.18. The zero-order valence-electron chi connectivity index (χ0n) is 13.1. The Bertz CT molecular complexity index is 473. The first-order chi connectivity index (χ1) is 11.3. The second-order valence-electron chi connectivity index (χ2n) is 5.43. The zero-order chi connectivity index (χ0) is 16.3. The normalized spacial score (nSPS) is 18.9. The molecule has 1 heterocycles. The molecular weight excluding hydrogens is 298 g/mol. The predicted octanol–water partition coefficient (Wildman–Crippen LogP) is 2.41. The van der Waals surface area contributed by atoms with Gasteiger partial charge in [0.15, 0.2) is 6.29 Å². The van der Waals surface area contributed by atoms with E-state index >= 15 is 0 Å². The van der Waals surface area contributed by atoms with E-state index in [1.165, 1.54) is 0 Å². The molecule has 2 rings (SSSR count). The molecule has 1 unspecified atom stereocenters. The Hall–Kier alpha value is -1.92. The molecule has 0 bridgehead atoms. The lowest BCUT2D eigenvalue weighted by atomic mass is 10.2. The molecule has 1 aliphatic heterocycles. The van der Waals surface area contributed by atoms with Gasteiger partial charge in [-0.15, -0.1) is 0 Å². The van der Waals surface area contributed by atoms with Crippen LogP contribution >= 0.6 is 0 Å². The van der Waals surface area contributed by atoms with Gasteiger partial charge in [0.1, 0.15) is 12.9 Å². The van der Waals surface area contributed by atoms with E-state index in [2.05, 4.69) is 5.32 Å². The number of aldehydes is 1. The number of carbonyl (C=O) groups excluding carboxylic acids is 2. The van der Waals surface area contributed by atoms with Crippen LogP contribution in [0.2, 0.25) is 0 Å². The van der Waals surface area contributed by atoms with E-state index in [1.54, 1.807) is 0 Å². The lowest BCUT2D eigenvalue weighted by Crippen LogP contribution is -2.40. The van der Waals surface area contributed by atoms with Gasteiger partial charge in [-0.3, -0.25) is 0 Å². The summed E-state index contributed by atoms with van der Waals surface area (Å²) < 4.78 is 16.2. The van der Waals surface area contributed by atoms with Gasteiger partial charge in [0, 0.05) is 13.0 Å². The van der Waals surface area contributed by atoms with Crippen LogP contribution in [0.1, 0.15) is 31.2 Å². The number of carbonyl (C=O) groups is 2. The topological polar surface area (TPSA) is 73.9 Å². The molecule has 6 nitrogen and oxygen atoms in total. The van der Waals surface area contributed by atoms with Crippen molar-refractivity contribution >= 4 is 12.4 Å². The summed E-state index contributed by atoms with van der Waals surface area (Å²) in [5, 5.41) is 2.65. The minimum Gasteiger partial charge on any atom is -0.445 e. The van der Waals surface area contributed by atoms with Crippen molar-refractivity contribution < 1.29 is 23.8 Å². The van der Waals surface area contributed by atoms with Gasteiger partial charge in [-0.1, -0.05) is 30.3 Å².